The van der Waals surface area contributed by atoms with Crippen molar-refractivity contribution in [1.82, 2.24) is 5.32 Å². The van der Waals surface area contributed by atoms with Gasteiger partial charge >= 0.3 is 0 Å². The monoisotopic (exact) mass is 321 g/mol. The van der Waals surface area contributed by atoms with Crippen molar-refractivity contribution in [2.75, 3.05) is 7.05 Å². The van der Waals surface area contributed by atoms with Gasteiger partial charge in [0.05, 0.1) is 6.04 Å². The molecule has 0 saturated carbocycles. The minimum Gasteiger partial charge on any atom is -0.309 e. The van der Waals surface area contributed by atoms with Crippen molar-refractivity contribution in [3.05, 3.63) is 68.9 Å². The van der Waals surface area contributed by atoms with Crippen LogP contribution in [0.15, 0.2) is 40.9 Å². The van der Waals surface area contributed by atoms with E-state index in [1.54, 1.807) is 12.1 Å². The number of aryl methyl sites for hydroxylation is 2. The van der Waals surface area contributed by atoms with Crippen molar-refractivity contribution in [3.8, 4) is 0 Å². The molecule has 0 aromatic heterocycles. The van der Waals surface area contributed by atoms with Gasteiger partial charge in [-0.3, -0.25) is 0 Å². The lowest BCUT2D eigenvalue weighted by Crippen LogP contribution is -2.18. The highest BCUT2D eigenvalue weighted by Gasteiger charge is 2.16. The van der Waals surface area contributed by atoms with Gasteiger partial charge in [0, 0.05) is 4.47 Å². The van der Waals surface area contributed by atoms with E-state index in [0.717, 1.165) is 21.2 Å². The summed E-state index contributed by atoms with van der Waals surface area (Å²) in [6, 6.07) is 11.2. The Morgan fingerprint density at radius 3 is 2.53 bits per heavy atom. The van der Waals surface area contributed by atoms with Crippen LogP contribution in [-0.2, 0) is 0 Å². The summed E-state index contributed by atoms with van der Waals surface area (Å²) in [6.45, 7) is 3.96. The first-order valence-corrected chi connectivity index (χ1v) is 7.01. The topological polar surface area (TPSA) is 12.0 Å². The third-order valence-electron chi connectivity index (χ3n) is 3.22. The lowest BCUT2D eigenvalue weighted by Gasteiger charge is -2.20. The van der Waals surface area contributed by atoms with E-state index >= 15 is 0 Å². The number of hydrogen-bond acceptors (Lipinski definition) is 1. The number of halogens is 2. The van der Waals surface area contributed by atoms with Crippen molar-refractivity contribution in [1.29, 1.82) is 0 Å². The standard InChI is InChI=1S/C16H17BrFN/c1-10-7-12(9-13(18)8-10)16(19-3)14-6-4-5-11(2)15(14)17/h4-9,16,19H,1-3H3. The van der Waals surface area contributed by atoms with Gasteiger partial charge in [0.25, 0.3) is 0 Å². The summed E-state index contributed by atoms with van der Waals surface area (Å²) in [5, 5.41) is 3.26. The van der Waals surface area contributed by atoms with E-state index in [9.17, 15) is 4.39 Å². The van der Waals surface area contributed by atoms with Crippen molar-refractivity contribution in [2.24, 2.45) is 0 Å². The average molecular weight is 322 g/mol. The zero-order chi connectivity index (χ0) is 14.0. The molecule has 0 heterocycles. The van der Waals surface area contributed by atoms with Gasteiger partial charge in [0.2, 0.25) is 0 Å². The second-order valence-electron chi connectivity index (χ2n) is 4.76. The summed E-state index contributed by atoms with van der Waals surface area (Å²) in [4.78, 5) is 0. The fourth-order valence-electron chi connectivity index (χ4n) is 2.33. The highest BCUT2D eigenvalue weighted by molar-refractivity contribution is 9.10. The quantitative estimate of drug-likeness (QED) is 0.876. The third-order valence-corrected chi connectivity index (χ3v) is 4.30. The van der Waals surface area contributed by atoms with Crippen molar-refractivity contribution < 1.29 is 4.39 Å². The largest absolute Gasteiger partial charge is 0.309 e. The molecule has 0 aliphatic carbocycles. The van der Waals surface area contributed by atoms with Gasteiger partial charge < -0.3 is 5.32 Å². The Hall–Kier alpha value is -1.19. The molecule has 1 unspecified atom stereocenters. The lowest BCUT2D eigenvalue weighted by atomic mass is 9.96. The molecule has 2 aromatic carbocycles. The summed E-state index contributed by atoms with van der Waals surface area (Å²) in [7, 11) is 1.89. The molecule has 100 valence electrons. The molecule has 1 N–H and O–H groups in total. The first kappa shape index (κ1) is 14.2. The van der Waals surface area contributed by atoms with Gasteiger partial charge in [0.1, 0.15) is 5.82 Å². The maximum absolute atomic E-state index is 13.6. The highest BCUT2D eigenvalue weighted by Crippen LogP contribution is 2.31. The number of benzene rings is 2. The number of rotatable bonds is 3. The van der Waals surface area contributed by atoms with Crippen molar-refractivity contribution >= 4 is 15.9 Å². The average Bonchev–Trinajstić information content (AvgIpc) is 2.34. The SMILES string of the molecule is CNC(c1cc(C)cc(F)c1)c1cccc(C)c1Br. The van der Waals surface area contributed by atoms with Crippen LogP contribution in [0.1, 0.15) is 28.3 Å². The first-order chi connectivity index (χ1) is 9.02. The van der Waals surface area contributed by atoms with Crippen LogP contribution in [0.3, 0.4) is 0 Å². The maximum atomic E-state index is 13.6. The maximum Gasteiger partial charge on any atom is 0.123 e. The summed E-state index contributed by atoms with van der Waals surface area (Å²) >= 11 is 3.62. The predicted molar refractivity (Wildman–Crippen MR) is 80.9 cm³/mol. The fraction of sp³-hybridized carbons (Fsp3) is 0.250. The van der Waals surface area contributed by atoms with Crippen LogP contribution in [0, 0.1) is 19.7 Å². The first-order valence-electron chi connectivity index (χ1n) is 6.22. The summed E-state index contributed by atoms with van der Waals surface area (Å²) in [5.74, 6) is -0.195. The molecule has 3 heteroatoms. The molecule has 19 heavy (non-hydrogen) atoms. The molecular formula is C16H17BrFN. The Labute approximate surface area is 122 Å². The normalized spacial score (nSPS) is 12.5. The smallest absolute Gasteiger partial charge is 0.123 e. The molecule has 0 bridgehead atoms. The molecule has 0 fully saturated rings. The summed E-state index contributed by atoms with van der Waals surface area (Å²) < 4.78 is 14.6. The molecule has 0 aliphatic heterocycles. The molecular weight excluding hydrogens is 305 g/mol. The van der Waals surface area contributed by atoms with E-state index in [2.05, 4.69) is 40.3 Å². The summed E-state index contributed by atoms with van der Waals surface area (Å²) in [6.07, 6.45) is 0. The Morgan fingerprint density at radius 2 is 1.89 bits per heavy atom. The van der Waals surface area contributed by atoms with Crippen molar-refractivity contribution in [2.45, 2.75) is 19.9 Å². The molecule has 0 aliphatic rings. The van der Waals surface area contributed by atoms with E-state index in [0.29, 0.717) is 0 Å². The molecule has 0 spiro atoms. The predicted octanol–water partition coefficient (Wildman–Crippen LogP) is 4.51. The van der Waals surface area contributed by atoms with Gasteiger partial charge in [-0.25, -0.2) is 4.39 Å². The molecule has 0 saturated heterocycles. The van der Waals surface area contributed by atoms with E-state index in [-0.39, 0.29) is 11.9 Å². The van der Waals surface area contributed by atoms with Crippen molar-refractivity contribution in [3.63, 3.8) is 0 Å². The van der Waals surface area contributed by atoms with E-state index in [1.165, 1.54) is 5.56 Å². The zero-order valence-electron chi connectivity index (χ0n) is 11.3. The fourth-order valence-corrected chi connectivity index (χ4v) is 2.82. The molecule has 0 amide bonds. The van der Waals surface area contributed by atoms with Crippen LogP contribution < -0.4 is 5.32 Å². The van der Waals surface area contributed by atoms with Crippen LogP contribution >= 0.6 is 15.9 Å². The van der Waals surface area contributed by atoms with Gasteiger partial charge in [-0.2, -0.15) is 0 Å². The third kappa shape index (κ3) is 3.04. The second kappa shape index (κ2) is 5.85. The minimum absolute atomic E-state index is 0.0244. The van der Waals surface area contributed by atoms with Crippen LogP contribution in [0.2, 0.25) is 0 Å². The highest BCUT2D eigenvalue weighted by atomic mass is 79.9. The number of hydrogen-bond donors (Lipinski definition) is 1. The van der Waals surface area contributed by atoms with Crippen LogP contribution in [0.25, 0.3) is 0 Å². The minimum atomic E-state index is -0.195. The molecule has 2 rings (SSSR count). The zero-order valence-corrected chi connectivity index (χ0v) is 12.9. The van der Waals surface area contributed by atoms with Gasteiger partial charge in [-0.15, -0.1) is 0 Å². The Kier molecular flexibility index (Phi) is 4.38. The van der Waals surface area contributed by atoms with E-state index in [1.807, 2.05) is 26.1 Å². The Bertz CT molecular complexity index is 575. The molecule has 1 atom stereocenters. The molecule has 0 radical (unpaired) electrons. The van der Waals surface area contributed by atoms with Crippen LogP contribution in [-0.4, -0.2) is 7.05 Å². The molecule has 1 nitrogen and oxygen atoms in total. The Balaban J connectivity index is 2.53. The van der Waals surface area contributed by atoms with E-state index in [4.69, 9.17) is 0 Å². The van der Waals surface area contributed by atoms with E-state index < -0.39 is 0 Å². The number of nitrogens with one attached hydrogen (secondary N) is 1. The Morgan fingerprint density at radius 1 is 1.16 bits per heavy atom. The second-order valence-corrected chi connectivity index (χ2v) is 5.55. The van der Waals surface area contributed by atoms with Gasteiger partial charge in [0.15, 0.2) is 0 Å². The van der Waals surface area contributed by atoms with Crippen LogP contribution in [0.5, 0.6) is 0 Å². The van der Waals surface area contributed by atoms with Crippen LogP contribution in [0.4, 0.5) is 4.39 Å². The van der Waals surface area contributed by atoms with Gasteiger partial charge in [-0.05, 0) is 55.3 Å². The summed E-state index contributed by atoms with van der Waals surface area (Å²) in [5.41, 5.74) is 4.16. The lowest BCUT2D eigenvalue weighted by molar-refractivity contribution is 0.615. The molecule has 2 aromatic rings. The van der Waals surface area contributed by atoms with Gasteiger partial charge in [-0.1, -0.05) is 40.2 Å².